The summed E-state index contributed by atoms with van der Waals surface area (Å²) in [6, 6.07) is 33.8. The third-order valence-electron chi connectivity index (χ3n) is 13.3. The number of aromatic nitrogens is 3. The largest absolute Gasteiger partial charge is 0.393 e. The number of imide groups is 1. The molecular weight excluding hydrogens is 851 g/mol. The van der Waals surface area contributed by atoms with Crippen LogP contribution in [0.3, 0.4) is 0 Å². The van der Waals surface area contributed by atoms with Gasteiger partial charge in [0.25, 0.3) is 5.91 Å². The maximum absolute atomic E-state index is 13.1. The van der Waals surface area contributed by atoms with Crippen molar-refractivity contribution in [1.82, 2.24) is 29.7 Å². The SMILES string of the molecule is N=c1c2c(-c3ccccc3)c(-c3ccccc3)n(Cc3cccc(C#CCCCCNC(=O)CCCC#Cc4cccc5c4CN(C4CCC(=O)NC4=O)C5=O)c3)c2ncn1C1CCC(O)CC1. The molecule has 4 N–H and O–H groups in total. The van der Waals surface area contributed by atoms with E-state index in [0.717, 1.165) is 94.2 Å². The molecule has 1 aliphatic carbocycles. The first-order chi connectivity index (χ1) is 33.2. The number of amides is 4. The second kappa shape index (κ2) is 21.0. The van der Waals surface area contributed by atoms with Crippen molar-refractivity contribution in [1.29, 1.82) is 5.41 Å². The monoisotopic (exact) mass is 905 g/mol. The molecule has 344 valence electrons. The van der Waals surface area contributed by atoms with Crippen molar-refractivity contribution in [3.05, 3.63) is 143 Å². The number of carbonyl (C=O) groups excluding carboxylic acids is 4. The van der Waals surface area contributed by atoms with Crippen molar-refractivity contribution in [3.8, 4) is 46.1 Å². The summed E-state index contributed by atoms with van der Waals surface area (Å²) >= 11 is 0. The van der Waals surface area contributed by atoms with E-state index in [9.17, 15) is 29.7 Å². The Labute approximate surface area is 396 Å². The number of nitrogens with zero attached hydrogens (tertiary/aromatic N) is 4. The molecule has 12 heteroatoms. The molecule has 4 heterocycles. The molecule has 6 aromatic rings. The van der Waals surface area contributed by atoms with Crippen molar-refractivity contribution in [2.45, 2.75) is 108 Å². The van der Waals surface area contributed by atoms with Gasteiger partial charge in [0, 0.05) is 73.6 Å². The normalized spacial score (nSPS) is 17.8. The fourth-order valence-electron chi connectivity index (χ4n) is 9.76. The summed E-state index contributed by atoms with van der Waals surface area (Å²) < 4.78 is 4.25. The number of carbonyl (C=O) groups is 4. The first kappa shape index (κ1) is 45.6. The van der Waals surface area contributed by atoms with Gasteiger partial charge in [-0.05, 0) is 97.9 Å². The molecule has 4 amide bonds. The fourth-order valence-corrected chi connectivity index (χ4v) is 9.76. The Balaban J connectivity index is 0.792. The third-order valence-corrected chi connectivity index (χ3v) is 13.3. The topological polar surface area (TPSA) is 162 Å². The minimum Gasteiger partial charge on any atom is -0.393 e. The van der Waals surface area contributed by atoms with Gasteiger partial charge in [-0.25, -0.2) is 4.98 Å². The number of nitrogens with one attached hydrogen (secondary N) is 3. The van der Waals surface area contributed by atoms with Crippen LogP contribution < -0.4 is 16.1 Å². The highest BCUT2D eigenvalue weighted by atomic mass is 16.3. The van der Waals surface area contributed by atoms with Crippen LogP contribution in [0.4, 0.5) is 0 Å². The molecular formula is C56H55N7O5. The van der Waals surface area contributed by atoms with Crippen molar-refractivity contribution >= 4 is 34.7 Å². The third kappa shape index (κ3) is 10.1. The highest BCUT2D eigenvalue weighted by molar-refractivity contribution is 6.06. The second-order valence-electron chi connectivity index (χ2n) is 17.9. The lowest BCUT2D eigenvalue weighted by Gasteiger charge is -2.29. The van der Waals surface area contributed by atoms with Crippen LogP contribution in [0, 0.1) is 29.1 Å². The van der Waals surface area contributed by atoms with E-state index >= 15 is 0 Å². The minimum atomic E-state index is -0.673. The van der Waals surface area contributed by atoms with Gasteiger partial charge in [0.1, 0.15) is 17.2 Å². The van der Waals surface area contributed by atoms with E-state index in [2.05, 4.69) is 75.3 Å². The Kier molecular flexibility index (Phi) is 14.1. The van der Waals surface area contributed by atoms with Gasteiger partial charge in [0.2, 0.25) is 17.7 Å². The summed E-state index contributed by atoms with van der Waals surface area (Å²) in [7, 11) is 0. The molecule has 4 aromatic carbocycles. The van der Waals surface area contributed by atoms with Gasteiger partial charge in [-0.2, -0.15) is 0 Å². The van der Waals surface area contributed by atoms with Gasteiger partial charge in [-0.3, -0.25) is 29.9 Å². The predicted octanol–water partition coefficient (Wildman–Crippen LogP) is 7.80. The number of aliphatic hydroxyl groups is 1. The molecule has 1 saturated carbocycles. The van der Waals surface area contributed by atoms with Crippen LogP contribution in [0.1, 0.15) is 116 Å². The zero-order valence-electron chi connectivity index (χ0n) is 38.1. The smallest absolute Gasteiger partial charge is 0.255 e. The Morgan fingerprint density at radius 2 is 1.56 bits per heavy atom. The molecule has 1 unspecified atom stereocenters. The van der Waals surface area contributed by atoms with Crippen LogP contribution in [0.5, 0.6) is 0 Å². The molecule has 2 fully saturated rings. The van der Waals surface area contributed by atoms with E-state index in [1.54, 1.807) is 12.1 Å². The molecule has 1 saturated heterocycles. The molecule has 0 radical (unpaired) electrons. The van der Waals surface area contributed by atoms with Gasteiger partial charge in [-0.15, -0.1) is 0 Å². The first-order valence-electron chi connectivity index (χ1n) is 23.8. The average Bonchev–Trinajstić information content (AvgIpc) is 3.87. The Hall–Kier alpha value is -7.54. The van der Waals surface area contributed by atoms with E-state index in [4.69, 9.17) is 4.98 Å². The fraction of sp³-hybridized carbons (Fsp3) is 0.321. The van der Waals surface area contributed by atoms with E-state index in [1.807, 2.05) is 65.5 Å². The summed E-state index contributed by atoms with van der Waals surface area (Å²) in [5, 5.41) is 26.1. The molecule has 0 bridgehead atoms. The Morgan fingerprint density at radius 1 is 0.824 bits per heavy atom. The maximum atomic E-state index is 13.1. The highest BCUT2D eigenvalue weighted by Gasteiger charge is 2.39. The average molecular weight is 906 g/mol. The Bertz CT molecular complexity index is 3050. The van der Waals surface area contributed by atoms with Crippen LogP contribution in [0.15, 0.2) is 109 Å². The maximum Gasteiger partial charge on any atom is 0.255 e. The van der Waals surface area contributed by atoms with Gasteiger partial charge in [0.05, 0.1) is 23.5 Å². The van der Waals surface area contributed by atoms with Crippen LogP contribution in [0.2, 0.25) is 0 Å². The number of hydrogen-bond acceptors (Lipinski definition) is 7. The van der Waals surface area contributed by atoms with Crippen molar-refractivity contribution in [2.75, 3.05) is 6.54 Å². The molecule has 68 heavy (non-hydrogen) atoms. The number of piperidine rings is 1. The van der Waals surface area contributed by atoms with Crippen LogP contribution >= 0.6 is 0 Å². The summed E-state index contributed by atoms with van der Waals surface area (Å²) in [4.78, 5) is 56.4. The van der Waals surface area contributed by atoms with E-state index in [1.165, 1.54) is 4.90 Å². The quantitative estimate of drug-likeness (QED) is 0.0526. The van der Waals surface area contributed by atoms with E-state index in [-0.39, 0.29) is 42.8 Å². The number of unbranched alkanes of at least 4 members (excludes halogenated alkanes) is 3. The molecule has 3 aliphatic rings. The Morgan fingerprint density at radius 3 is 2.34 bits per heavy atom. The van der Waals surface area contributed by atoms with Crippen molar-refractivity contribution in [2.24, 2.45) is 0 Å². The lowest BCUT2D eigenvalue weighted by Crippen LogP contribution is -2.52. The summed E-state index contributed by atoms with van der Waals surface area (Å²) in [6.45, 7) is 1.38. The minimum absolute atomic E-state index is 0.0131. The van der Waals surface area contributed by atoms with Gasteiger partial charge >= 0.3 is 0 Å². The summed E-state index contributed by atoms with van der Waals surface area (Å²) in [6.07, 6.45) is 8.98. The molecule has 12 nitrogen and oxygen atoms in total. The second-order valence-corrected chi connectivity index (χ2v) is 17.9. The zero-order chi connectivity index (χ0) is 47.0. The summed E-state index contributed by atoms with van der Waals surface area (Å²) in [5.41, 5.74) is 9.31. The number of aliphatic hydroxyl groups excluding tert-OH is 1. The van der Waals surface area contributed by atoms with E-state index < -0.39 is 11.9 Å². The molecule has 2 aliphatic heterocycles. The van der Waals surface area contributed by atoms with Gasteiger partial charge < -0.3 is 24.5 Å². The summed E-state index contributed by atoms with van der Waals surface area (Å²) in [5.74, 6) is 12.0. The number of fused-ring (bicyclic) bond motifs is 2. The molecule has 9 rings (SSSR count). The lowest BCUT2D eigenvalue weighted by molar-refractivity contribution is -0.137. The number of benzene rings is 4. The number of rotatable bonds is 13. The standard InChI is InChI=1S/C56H55N7O5/c57-53-51-50(41-20-8-3-9-21-41)52(42-22-10-4-11-23-42)62(54(51)59-37-63(53)43-27-29-44(64)30-28-43)35-39-18-14-17-38(34-39)16-6-1-2-13-33-58-48(65)26-12-5-7-19-40-24-15-25-45-46(40)36-61(56(45)68)47-31-32-49(66)60-55(47)67/h3-4,8-11,14-15,17-18,20-25,34,37,43-44,47,57,64H,1-2,5,12-13,26-33,35-36H2,(H,58,65)(H,60,66,67). The highest BCUT2D eigenvalue weighted by Crippen LogP contribution is 2.40. The molecule has 0 spiro atoms. The molecule has 1 atom stereocenters. The van der Waals surface area contributed by atoms with Crippen LogP contribution in [-0.4, -0.2) is 66.4 Å². The lowest BCUT2D eigenvalue weighted by atomic mass is 9.93. The zero-order valence-corrected chi connectivity index (χ0v) is 38.1. The van der Waals surface area contributed by atoms with Crippen LogP contribution in [-0.2, 0) is 27.5 Å². The van der Waals surface area contributed by atoms with Crippen molar-refractivity contribution < 1.29 is 24.3 Å². The van der Waals surface area contributed by atoms with Gasteiger partial charge in [-0.1, -0.05) is 103 Å². The van der Waals surface area contributed by atoms with Crippen LogP contribution in [0.25, 0.3) is 33.4 Å². The van der Waals surface area contributed by atoms with Crippen molar-refractivity contribution in [3.63, 3.8) is 0 Å². The predicted molar refractivity (Wildman–Crippen MR) is 260 cm³/mol. The number of hydrogen-bond donors (Lipinski definition) is 4. The van der Waals surface area contributed by atoms with E-state index in [0.29, 0.717) is 56.2 Å². The molecule has 2 aromatic heterocycles. The first-order valence-corrected chi connectivity index (χ1v) is 23.8. The van der Waals surface area contributed by atoms with Gasteiger partial charge in [0.15, 0.2) is 0 Å².